The summed E-state index contributed by atoms with van der Waals surface area (Å²) in [5, 5.41) is 8.43. The summed E-state index contributed by atoms with van der Waals surface area (Å²) < 4.78 is 12.3. The Hall–Kier alpha value is -2.72. The second-order valence-electron chi connectivity index (χ2n) is 6.69. The second kappa shape index (κ2) is 11.2. The fourth-order valence-electron chi connectivity index (χ4n) is 2.79. The van der Waals surface area contributed by atoms with Gasteiger partial charge in [0.2, 0.25) is 0 Å². The smallest absolute Gasteiger partial charge is 0.316 e. The van der Waals surface area contributed by atoms with E-state index in [1.807, 2.05) is 66.7 Å². The van der Waals surface area contributed by atoms with E-state index >= 15 is 0 Å². The minimum Gasteiger partial charge on any atom is -0.481 e. The van der Waals surface area contributed by atoms with Crippen molar-refractivity contribution in [3.8, 4) is 0 Å². The van der Waals surface area contributed by atoms with Crippen LogP contribution < -0.4 is 0 Å². The number of carboxylic acids is 1. The van der Waals surface area contributed by atoms with Gasteiger partial charge in [0.05, 0.1) is 5.25 Å². The predicted octanol–water partition coefficient (Wildman–Crippen LogP) is 5.42. The molecule has 146 valence electrons. The lowest BCUT2D eigenvalue weighted by atomic mass is 10.0. The van der Waals surface area contributed by atoms with Crippen LogP contribution in [0.5, 0.6) is 0 Å². The Bertz CT molecular complexity index is 823. The van der Waals surface area contributed by atoms with Gasteiger partial charge in [-0.1, -0.05) is 105 Å². The zero-order valence-electron chi connectivity index (χ0n) is 16.2. The molecule has 4 heteroatoms. The minimum absolute atomic E-state index is 0.353. The molecule has 0 amide bonds. The van der Waals surface area contributed by atoms with Crippen molar-refractivity contribution >= 4 is 16.8 Å². The quantitative estimate of drug-likeness (QED) is 0.607. The van der Waals surface area contributed by atoms with Crippen LogP contribution in [-0.2, 0) is 15.6 Å². The Morgan fingerprint density at radius 3 is 1.39 bits per heavy atom. The molecule has 28 heavy (non-hydrogen) atoms. The molecule has 0 saturated heterocycles. The highest BCUT2D eigenvalue weighted by Gasteiger charge is 2.22. The molecule has 1 atom stereocenters. The fraction of sp³-hybridized carbons (Fsp3) is 0.208. The molecule has 0 bridgehead atoms. The monoisotopic (exact) mass is 394 g/mol. The molecule has 1 N–H and O–H groups in total. The molecule has 0 radical (unpaired) electrons. The van der Waals surface area contributed by atoms with E-state index in [2.05, 4.69) is 38.1 Å². The molecular formula is C24H26O3S. The second-order valence-corrected chi connectivity index (χ2v) is 8.21. The van der Waals surface area contributed by atoms with Crippen LogP contribution in [0.1, 0.15) is 41.7 Å². The number of hydrogen-bond donors (Lipinski definition) is 1. The fourth-order valence-corrected chi connectivity index (χ4v) is 4.13. The van der Waals surface area contributed by atoms with E-state index < -0.39 is 22.0 Å². The highest BCUT2D eigenvalue weighted by Crippen LogP contribution is 2.28. The van der Waals surface area contributed by atoms with Gasteiger partial charge in [-0.25, -0.2) is 0 Å². The molecule has 0 unspecified atom stereocenters. The predicted molar refractivity (Wildman–Crippen MR) is 116 cm³/mol. The number of aliphatic carboxylic acids is 1. The number of carbonyl (C=O) groups is 1. The molecule has 0 aromatic heterocycles. The van der Waals surface area contributed by atoms with Crippen molar-refractivity contribution in [1.82, 2.24) is 0 Å². The minimum atomic E-state index is -1.49. The van der Waals surface area contributed by atoms with Gasteiger partial charge in [0, 0.05) is 10.8 Å². The van der Waals surface area contributed by atoms with Gasteiger partial charge in [0.15, 0.2) is 0 Å². The number of carboxylic acid groups (broad SMARTS) is 1. The maximum atomic E-state index is 12.3. The van der Waals surface area contributed by atoms with Crippen LogP contribution >= 0.6 is 0 Å². The summed E-state index contributed by atoms with van der Waals surface area (Å²) >= 11 is 0. The Morgan fingerprint density at radius 2 is 1.11 bits per heavy atom. The van der Waals surface area contributed by atoms with Crippen molar-refractivity contribution in [3.63, 3.8) is 0 Å². The molecule has 0 aliphatic rings. The van der Waals surface area contributed by atoms with Crippen molar-refractivity contribution in [1.29, 1.82) is 0 Å². The Morgan fingerprint density at radius 1 is 0.750 bits per heavy atom. The third kappa shape index (κ3) is 6.78. The summed E-state index contributed by atoms with van der Waals surface area (Å²) in [5.74, 6) is -0.740. The average molecular weight is 395 g/mol. The van der Waals surface area contributed by atoms with Crippen LogP contribution in [0.15, 0.2) is 91.0 Å². The average Bonchev–Trinajstić information content (AvgIpc) is 2.70. The Balaban J connectivity index is 0.000000261. The van der Waals surface area contributed by atoms with E-state index in [4.69, 9.17) is 5.11 Å². The van der Waals surface area contributed by atoms with Crippen molar-refractivity contribution in [2.24, 2.45) is 0 Å². The van der Waals surface area contributed by atoms with E-state index in [0.717, 1.165) is 11.1 Å². The van der Waals surface area contributed by atoms with Gasteiger partial charge in [0.1, 0.15) is 5.75 Å². The summed E-state index contributed by atoms with van der Waals surface area (Å²) in [6.07, 6.45) is 0. The standard InChI is InChI=1S/C15H14O3S.C9H12/c16-14(17)11-19(18)15(12-7-3-1-4-8-12)13-9-5-2-6-10-13;1-8(2)9-6-4-3-5-7-9/h1-10,15H,11H2,(H,16,17);3-8H,1-2H3/t19-;/m1./s1. The van der Waals surface area contributed by atoms with Crippen molar-refractivity contribution in [2.75, 3.05) is 5.75 Å². The molecule has 3 rings (SSSR count). The largest absolute Gasteiger partial charge is 0.481 e. The maximum Gasteiger partial charge on any atom is 0.316 e. The molecule has 0 aliphatic carbocycles. The first-order valence-corrected chi connectivity index (χ1v) is 10.6. The highest BCUT2D eigenvalue weighted by atomic mass is 32.2. The van der Waals surface area contributed by atoms with Gasteiger partial charge >= 0.3 is 5.97 Å². The first-order chi connectivity index (χ1) is 13.5. The lowest BCUT2D eigenvalue weighted by molar-refractivity contribution is -0.133. The molecular weight excluding hydrogens is 368 g/mol. The third-order valence-corrected chi connectivity index (χ3v) is 5.80. The Kier molecular flexibility index (Phi) is 8.63. The van der Waals surface area contributed by atoms with E-state index in [0.29, 0.717) is 5.92 Å². The summed E-state index contributed by atoms with van der Waals surface area (Å²) in [6, 6.07) is 29.2. The summed E-state index contributed by atoms with van der Waals surface area (Å²) in [4.78, 5) is 10.8. The lowest BCUT2D eigenvalue weighted by Crippen LogP contribution is -2.17. The molecule has 3 aromatic carbocycles. The Labute approximate surface area is 169 Å². The zero-order valence-corrected chi connectivity index (χ0v) is 17.0. The highest BCUT2D eigenvalue weighted by molar-refractivity contribution is 7.86. The number of benzene rings is 3. The van der Waals surface area contributed by atoms with Gasteiger partial charge < -0.3 is 5.11 Å². The molecule has 0 fully saturated rings. The van der Waals surface area contributed by atoms with Crippen LogP contribution in [0, 0.1) is 0 Å². The van der Waals surface area contributed by atoms with Gasteiger partial charge in [-0.2, -0.15) is 0 Å². The molecule has 0 saturated carbocycles. The first kappa shape index (κ1) is 21.6. The molecule has 0 spiro atoms. The molecule has 3 nitrogen and oxygen atoms in total. The topological polar surface area (TPSA) is 54.4 Å². The van der Waals surface area contributed by atoms with Gasteiger partial charge in [-0.15, -0.1) is 0 Å². The van der Waals surface area contributed by atoms with Gasteiger partial charge in [-0.05, 0) is 22.6 Å². The van der Waals surface area contributed by atoms with E-state index in [1.165, 1.54) is 5.56 Å². The summed E-state index contributed by atoms with van der Waals surface area (Å²) in [6.45, 7) is 4.41. The SMILES string of the molecule is CC(C)c1ccccc1.O=C(O)C[S@@](=O)C(c1ccccc1)c1ccccc1. The van der Waals surface area contributed by atoms with Crippen LogP contribution in [-0.4, -0.2) is 21.0 Å². The van der Waals surface area contributed by atoms with Crippen molar-refractivity contribution in [3.05, 3.63) is 108 Å². The number of hydrogen-bond acceptors (Lipinski definition) is 2. The van der Waals surface area contributed by atoms with Crippen molar-refractivity contribution < 1.29 is 14.1 Å². The molecule has 0 aliphatic heterocycles. The van der Waals surface area contributed by atoms with Crippen LogP contribution in [0.4, 0.5) is 0 Å². The summed E-state index contributed by atoms with van der Waals surface area (Å²) in [7, 11) is -1.49. The van der Waals surface area contributed by atoms with E-state index in [1.54, 1.807) is 0 Å². The summed E-state index contributed by atoms with van der Waals surface area (Å²) in [5.41, 5.74) is 3.15. The maximum absolute atomic E-state index is 12.3. The van der Waals surface area contributed by atoms with Gasteiger partial charge in [-0.3, -0.25) is 9.00 Å². The molecule has 3 aromatic rings. The van der Waals surface area contributed by atoms with Crippen LogP contribution in [0.2, 0.25) is 0 Å². The lowest BCUT2D eigenvalue weighted by Gasteiger charge is -2.16. The zero-order chi connectivity index (χ0) is 20.4. The first-order valence-electron chi connectivity index (χ1n) is 9.23. The van der Waals surface area contributed by atoms with Crippen molar-refractivity contribution in [2.45, 2.75) is 25.0 Å². The van der Waals surface area contributed by atoms with Crippen LogP contribution in [0.25, 0.3) is 0 Å². The third-order valence-electron chi connectivity index (χ3n) is 4.20. The van der Waals surface area contributed by atoms with E-state index in [-0.39, 0.29) is 5.75 Å². The normalized spacial score (nSPS) is 11.6. The van der Waals surface area contributed by atoms with Crippen LogP contribution in [0.3, 0.4) is 0 Å². The van der Waals surface area contributed by atoms with E-state index in [9.17, 15) is 9.00 Å². The molecule has 0 heterocycles. The van der Waals surface area contributed by atoms with Gasteiger partial charge in [0.25, 0.3) is 0 Å². The number of rotatable bonds is 6.